The van der Waals surface area contributed by atoms with Gasteiger partial charge >= 0.3 is 11.7 Å². The van der Waals surface area contributed by atoms with Crippen molar-refractivity contribution in [3.8, 4) is 0 Å². The maximum Gasteiger partial charge on any atom is 0.332 e. The molecule has 146 valence electrons. The summed E-state index contributed by atoms with van der Waals surface area (Å²) in [5.74, 6) is 0.206. The van der Waals surface area contributed by atoms with E-state index in [2.05, 4.69) is 16.5 Å². The molecule has 9 heteroatoms. The molecule has 3 aromatic rings. The average Bonchev–Trinajstić information content (AvgIpc) is 3.13. The van der Waals surface area contributed by atoms with Crippen LogP contribution in [0, 0.1) is 6.92 Å². The van der Waals surface area contributed by atoms with E-state index in [-0.39, 0.29) is 19.6 Å². The summed E-state index contributed by atoms with van der Waals surface area (Å²) in [5.41, 5.74) is 0.748. The minimum atomic E-state index is -0.491. The number of unbranched alkanes of at least 4 members (excludes halogenated alkanes) is 1. The number of esters is 1. The second-order valence-corrected chi connectivity index (χ2v) is 6.58. The van der Waals surface area contributed by atoms with Gasteiger partial charge in [-0.1, -0.05) is 13.3 Å². The number of imidazole rings is 2. The van der Waals surface area contributed by atoms with Crippen LogP contribution in [0.5, 0.6) is 0 Å². The molecule has 0 fully saturated rings. The summed E-state index contributed by atoms with van der Waals surface area (Å²) in [5, 5.41) is 0. The van der Waals surface area contributed by atoms with Gasteiger partial charge in [-0.2, -0.15) is 4.98 Å². The number of hydrogen-bond donors (Lipinski definition) is 0. The molecule has 0 unspecified atom stereocenters. The van der Waals surface area contributed by atoms with Crippen molar-refractivity contribution in [2.24, 2.45) is 7.05 Å². The molecule has 9 nitrogen and oxygen atoms in total. The van der Waals surface area contributed by atoms with Crippen LogP contribution in [0.25, 0.3) is 16.9 Å². The third-order valence-corrected chi connectivity index (χ3v) is 4.72. The number of carbonyl (C=O) groups is 1. The highest BCUT2D eigenvalue weighted by atomic mass is 16.5. The van der Waals surface area contributed by atoms with E-state index in [9.17, 15) is 14.4 Å². The summed E-state index contributed by atoms with van der Waals surface area (Å²) in [6.07, 6.45) is 3.87. The maximum absolute atomic E-state index is 13.0. The Hall–Kier alpha value is -2.84. The lowest BCUT2D eigenvalue weighted by atomic mass is 10.3. The molecule has 3 heterocycles. The average molecular weight is 375 g/mol. The Bertz CT molecular complexity index is 1120. The first-order valence-corrected chi connectivity index (χ1v) is 9.24. The highest BCUT2D eigenvalue weighted by Gasteiger charge is 2.20. The molecule has 0 saturated carbocycles. The van der Waals surface area contributed by atoms with Crippen molar-refractivity contribution < 1.29 is 9.53 Å². The van der Waals surface area contributed by atoms with Gasteiger partial charge in [0.1, 0.15) is 0 Å². The second-order valence-electron chi connectivity index (χ2n) is 6.58. The normalized spacial score (nSPS) is 11.6. The van der Waals surface area contributed by atoms with Gasteiger partial charge in [-0.25, -0.2) is 4.79 Å². The molecular formula is C18H25N5O4. The molecule has 0 atom stereocenters. The number of nitrogens with zero attached hydrogens (tertiary/aromatic N) is 5. The zero-order valence-corrected chi connectivity index (χ0v) is 16.2. The van der Waals surface area contributed by atoms with Crippen molar-refractivity contribution in [3.63, 3.8) is 0 Å². The number of hydrogen-bond acceptors (Lipinski definition) is 5. The summed E-state index contributed by atoms with van der Waals surface area (Å²) in [4.78, 5) is 41.8. The number of aromatic nitrogens is 5. The van der Waals surface area contributed by atoms with E-state index in [4.69, 9.17) is 4.74 Å². The minimum Gasteiger partial charge on any atom is -0.466 e. The summed E-state index contributed by atoms with van der Waals surface area (Å²) < 4.78 is 11.1. The Morgan fingerprint density at radius 3 is 2.59 bits per heavy atom. The van der Waals surface area contributed by atoms with E-state index in [0.29, 0.717) is 16.9 Å². The van der Waals surface area contributed by atoms with E-state index >= 15 is 0 Å². The van der Waals surface area contributed by atoms with Gasteiger partial charge in [-0.05, 0) is 20.3 Å². The Kier molecular flexibility index (Phi) is 5.20. The van der Waals surface area contributed by atoms with Crippen LogP contribution in [0.3, 0.4) is 0 Å². The van der Waals surface area contributed by atoms with Crippen LogP contribution in [0.4, 0.5) is 0 Å². The monoisotopic (exact) mass is 375 g/mol. The molecule has 0 N–H and O–H groups in total. The first-order valence-electron chi connectivity index (χ1n) is 9.24. The fraction of sp³-hybridized carbons (Fsp3) is 0.556. The van der Waals surface area contributed by atoms with Crippen LogP contribution < -0.4 is 11.2 Å². The van der Waals surface area contributed by atoms with Gasteiger partial charge in [-0.15, -0.1) is 0 Å². The van der Waals surface area contributed by atoms with Crippen LogP contribution in [0.2, 0.25) is 0 Å². The highest BCUT2D eigenvalue weighted by molar-refractivity contribution is 5.75. The van der Waals surface area contributed by atoms with Crippen molar-refractivity contribution in [1.82, 2.24) is 23.1 Å². The van der Waals surface area contributed by atoms with Gasteiger partial charge in [0, 0.05) is 32.0 Å². The van der Waals surface area contributed by atoms with Crippen molar-refractivity contribution in [1.29, 1.82) is 0 Å². The van der Waals surface area contributed by atoms with Gasteiger partial charge < -0.3 is 9.30 Å². The number of aryl methyl sites for hydroxylation is 3. The van der Waals surface area contributed by atoms with Crippen LogP contribution in [0.1, 0.15) is 38.8 Å². The van der Waals surface area contributed by atoms with Crippen LogP contribution in [-0.4, -0.2) is 35.7 Å². The quantitative estimate of drug-likeness (QED) is 0.579. The molecule has 0 saturated heterocycles. The molecule has 0 radical (unpaired) electrons. The van der Waals surface area contributed by atoms with Gasteiger partial charge in [-0.3, -0.25) is 23.1 Å². The molecule has 0 aliphatic rings. The molecule has 27 heavy (non-hydrogen) atoms. The molecule has 0 spiro atoms. The third-order valence-electron chi connectivity index (χ3n) is 4.72. The van der Waals surface area contributed by atoms with E-state index in [1.165, 1.54) is 4.57 Å². The van der Waals surface area contributed by atoms with E-state index in [0.717, 1.165) is 29.6 Å². The van der Waals surface area contributed by atoms with E-state index in [1.807, 2.05) is 13.1 Å². The molecule has 3 rings (SSSR count). The molecule has 0 amide bonds. The lowest BCUT2D eigenvalue weighted by Gasteiger charge is -2.07. The molecule has 0 aliphatic heterocycles. The summed E-state index contributed by atoms with van der Waals surface area (Å²) in [7, 11) is 1.58. The predicted molar refractivity (Wildman–Crippen MR) is 101 cm³/mol. The van der Waals surface area contributed by atoms with Gasteiger partial charge in [0.05, 0.1) is 13.0 Å². The Morgan fingerprint density at radius 2 is 1.93 bits per heavy atom. The van der Waals surface area contributed by atoms with E-state index in [1.54, 1.807) is 18.4 Å². The Labute approximate surface area is 155 Å². The van der Waals surface area contributed by atoms with Crippen LogP contribution >= 0.6 is 0 Å². The topological polar surface area (TPSA) is 92.5 Å². The van der Waals surface area contributed by atoms with Gasteiger partial charge in [0.15, 0.2) is 11.2 Å². The van der Waals surface area contributed by atoms with Crippen LogP contribution in [0.15, 0.2) is 15.8 Å². The van der Waals surface area contributed by atoms with E-state index < -0.39 is 17.2 Å². The fourth-order valence-electron chi connectivity index (χ4n) is 3.28. The standard InChI is InChI=1S/C18H25N5O4/c1-5-7-9-21-12(3)11-23-14-15(19-17(21)23)20(4)18(26)22(16(14)25)10-8-13(24)27-6-2/h11H,5-10H2,1-4H3. The SMILES string of the molecule is CCCCn1c(C)cn2c3c(=O)n(CCC(=O)OCC)c(=O)n(C)c3nc12. The summed E-state index contributed by atoms with van der Waals surface area (Å²) >= 11 is 0. The molecule has 3 aromatic heterocycles. The maximum atomic E-state index is 13.0. The van der Waals surface area contributed by atoms with Crippen LogP contribution in [-0.2, 0) is 29.7 Å². The number of carbonyl (C=O) groups excluding carboxylic acids is 1. The molecule has 0 aromatic carbocycles. The lowest BCUT2D eigenvalue weighted by Crippen LogP contribution is -2.39. The van der Waals surface area contributed by atoms with Crippen molar-refractivity contribution in [2.45, 2.75) is 53.1 Å². The summed E-state index contributed by atoms with van der Waals surface area (Å²) in [6, 6.07) is 0. The highest BCUT2D eigenvalue weighted by Crippen LogP contribution is 2.16. The fourth-order valence-corrected chi connectivity index (χ4v) is 3.28. The number of rotatable bonds is 7. The first kappa shape index (κ1) is 18.9. The predicted octanol–water partition coefficient (Wildman–Crippen LogP) is 1.21. The smallest absolute Gasteiger partial charge is 0.332 e. The third kappa shape index (κ3) is 3.17. The second kappa shape index (κ2) is 7.42. The number of fused-ring (bicyclic) bond motifs is 3. The van der Waals surface area contributed by atoms with Crippen molar-refractivity contribution in [3.05, 3.63) is 32.7 Å². The van der Waals surface area contributed by atoms with Gasteiger partial charge in [0.25, 0.3) is 5.56 Å². The minimum absolute atomic E-state index is 0.0248. The molecule has 0 bridgehead atoms. The lowest BCUT2D eigenvalue weighted by molar-refractivity contribution is -0.143. The zero-order chi connectivity index (χ0) is 19.7. The molecule has 0 aliphatic carbocycles. The number of ether oxygens (including phenoxy) is 1. The Balaban J connectivity index is 2.17. The van der Waals surface area contributed by atoms with Gasteiger partial charge in [0.2, 0.25) is 5.78 Å². The zero-order valence-electron chi connectivity index (χ0n) is 16.2. The molecular weight excluding hydrogens is 350 g/mol. The largest absolute Gasteiger partial charge is 0.466 e. The van der Waals surface area contributed by atoms with Crippen molar-refractivity contribution in [2.75, 3.05) is 6.61 Å². The Morgan fingerprint density at radius 1 is 1.19 bits per heavy atom. The summed E-state index contributed by atoms with van der Waals surface area (Å²) in [6.45, 7) is 6.83. The first-order chi connectivity index (χ1) is 12.9. The van der Waals surface area contributed by atoms with Crippen molar-refractivity contribution >= 4 is 22.9 Å².